The summed E-state index contributed by atoms with van der Waals surface area (Å²) in [5.74, 6) is 0.241. The van der Waals surface area contributed by atoms with Crippen LogP contribution in [0.4, 0.5) is 10.7 Å². The van der Waals surface area contributed by atoms with E-state index in [1.54, 1.807) is 0 Å². The molecule has 1 aromatic heterocycles. The molecule has 4 rings (SSSR count). The summed E-state index contributed by atoms with van der Waals surface area (Å²) in [5.41, 5.74) is 3.73. The topological polar surface area (TPSA) is 33.9 Å². The number of thiophene rings is 1. The number of Topliss-reactive ketones (excluding diaryl/α,β-unsaturated/α-hetero) is 1. The minimum atomic E-state index is 0.0776. The first-order chi connectivity index (χ1) is 12.6. The van der Waals surface area contributed by atoms with Gasteiger partial charge in [0.05, 0.1) is 29.7 Å². The third kappa shape index (κ3) is 2.92. The summed E-state index contributed by atoms with van der Waals surface area (Å²) in [6.45, 7) is 12.6. The standard InChI is InChI=1S/C20H19ClN2O2S/c1-12-11-13(3-5-15(12)21)14-4-6-16(24)19-17(14)18(22-2)20(26-19)23-7-9-25-10-8-23/h3,5,11,14H,4,6-10H2,1H3. The van der Waals surface area contributed by atoms with Gasteiger partial charge in [0.15, 0.2) is 5.78 Å². The molecule has 1 aromatic carbocycles. The lowest BCUT2D eigenvalue weighted by Crippen LogP contribution is -2.35. The molecule has 1 fully saturated rings. The van der Waals surface area contributed by atoms with Gasteiger partial charge < -0.3 is 9.64 Å². The van der Waals surface area contributed by atoms with Crippen LogP contribution in [0.1, 0.15) is 45.1 Å². The number of hydrogen-bond acceptors (Lipinski definition) is 4. The van der Waals surface area contributed by atoms with E-state index in [1.165, 1.54) is 11.3 Å². The number of halogens is 1. The van der Waals surface area contributed by atoms with Crippen molar-refractivity contribution in [3.05, 3.63) is 56.2 Å². The van der Waals surface area contributed by atoms with Crippen molar-refractivity contribution in [1.82, 2.24) is 0 Å². The van der Waals surface area contributed by atoms with Gasteiger partial charge in [0.25, 0.3) is 0 Å². The Morgan fingerprint density at radius 3 is 2.81 bits per heavy atom. The van der Waals surface area contributed by atoms with Crippen LogP contribution in [0.5, 0.6) is 0 Å². The Bertz CT molecular complexity index is 909. The van der Waals surface area contributed by atoms with Gasteiger partial charge in [0, 0.05) is 30.5 Å². The molecule has 0 spiro atoms. The Labute approximate surface area is 162 Å². The van der Waals surface area contributed by atoms with Crippen molar-refractivity contribution in [2.75, 3.05) is 31.2 Å². The summed E-state index contributed by atoms with van der Waals surface area (Å²) in [6, 6.07) is 6.03. The monoisotopic (exact) mass is 386 g/mol. The van der Waals surface area contributed by atoms with E-state index in [4.69, 9.17) is 22.9 Å². The number of fused-ring (bicyclic) bond motifs is 1. The molecule has 26 heavy (non-hydrogen) atoms. The van der Waals surface area contributed by atoms with Crippen LogP contribution >= 0.6 is 22.9 Å². The number of anilines is 1. The zero-order chi connectivity index (χ0) is 18.3. The first kappa shape index (κ1) is 17.5. The molecule has 2 heterocycles. The number of aryl methyl sites for hydroxylation is 1. The van der Waals surface area contributed by atoms with Gasteiger partial charge in [-0.2, -0.15) is 0 Å². The molecule has 6 heteroatoms. The highest BCUT2D eigenvalue weighted by atomic mass is 35.5. The van der Waals surface area contributed by atoms with Crippen LogP contribution < -0.4 is 4.90 Å². The van der Waals surface area contributed by atoms with Crippen LogP contribution in [-0.4, -0.2) is 32.1 Å². The molecule has 1 saturated heterocycles. The second kappa shape index (κ2) is 7.03. The molecule has 1 aliphatic carbocycles. The van der Waals surface area contributed by atoms with Crippen molar-refractivity contribution >= 4 is 39.4 Å². The lowest BCUT2D eigenvalue weighted by Gasteiger charge is -2.28. The summed E-state index contributed by atoms with van der Waals surface area (Å²) in [6.07, 6.45) is 1.27. The van der Waals surface area contributed by atoms with Crippen LogP contribution in [-0.2, 0) is 4.74 Å². The van der Waals surface area contributed by atoms with Gasteiger partial charge in [0.2, 0.25) is 5.69 Å². The third-order valence-corrected chi connectivity index (χ3v) is 6.88. The number of benzene rings is 1. The summed E-state index contributed by atoms with van der Waals surface area (Å²) in [5, 5.41) is 1.67. The average molecular weight is 387 g/mol. The number of rotatable bonds is 2. The van der Waals surface area contributed by atoms with E-state index < -0.39 is 0 Å². The van der Waals surface area contributed by atoms with Crippen LogP contribution in [0.2, 0.25) is 5.02 Å². The number of ketones is 1. The van der Waals surface area contributed by atoms with E-state index in [-0.39, 0.29) is 11.7 Å². The highest BCUT2D eigenvalue weighted by molar-refractivity contribution is 7.19. The van der Waals surface area contributed by atoms with E-state index in [9.17, 15) is 4.79 Å². The molecule has 0 saturated carbocycles. The molecule has 0 N–H and O–H groups in total. The molecular weight excluding hydrogens is 368 g/mol. The number of carbonyl (C=O) groups is 1. The lowest BCUT2D eigenvalue weighted by molar-refractivity contribution is 0.0974. The van der Waals surface area contributed by atoms with Crippen molar-refractivity contribution in [1.29, 1.82) is 0 Å². The van der Waals surface area contributed by atoms with Crippen molar-refractivity contribution in [3.8, 4) is 0 Å². The molecule has 0 amide bonds. The maximum atomic E-state index is 12.6. The minimum Gasteiger partial charge on any atom is -0.378 e. The van der Waals surface area contributed by atoms with Gasteiger partial charge >= 0.3 is 0 Å². The predicted octanol–water partition coefficient (Wildman–Crippen LogP) is 5.21. The van der Waals surface area contributed by atoms with Gasteiger partial charge in [-0.3, -0.25) is 4.79 Å². The van der Waals surface area contributed by atoms with Crippen molar-refractivity contribution in [2.24, 2.45) is 0 Å². The highest BCUT2D eigenvalue weighted by Crippen LogP contribution is 2.52. The molecule has 0 bridgehead atoms. The fourth-order valence-electron chi connectivity index (χ4n) is 3.79. The molecule has 4 nitrogen and oxygen atoms in total. The SMILES string of the molecule is [C-]#[N+]c1c(N2CCOCC2)sc2c1C(c1ccc(Cl)c(C)c1)CCC2=O. The number of ether oxygens (including phenoxy) is 1. The van der Waals surface area contributed by atoms with E-state index in [0.29, 0.717) is 25.3 Å². The molecule has 2 aromatic rings. The second-order valence-electron chi connectivity index (χ2n) is 6.73. The molecular formula is C20H19ClN2O2S. The molecule has 1 aliphatic heterocycles. The Morgan fingerprint density at radius 2 is 2.12 bits per heavy atom. The van der Waals surface area contributed by atoms with Crippen molar-refractivity contribution in [3.63, 3.8) is 0 Å². The Morgan fingerprint density at radius 1 is 1.35 bits per heavy atom. The van der Waals surface area contributed by atoms with E-state index >= 15 is 0 Å². The Balaban J connectivity index is 1.84. The first-order valence-electron chi connectivity index (χ1n) is 8.76. The van der Waals surface area contributed by atoms with Crippen LogP contribution in [0.3, 0.4) is 0 Å². The summed E-state index contributed by atoms with van der Waals surface area (Å²) in [7, 11) is 0. The first-order valence-corrected chi connectivity index (χ1v) is 9.95. The third-order valence-electron chi connectivity index (χ3n) is 5.16. The molecule has 134 valence electrons. The number of morpholine rings is 1. The summed E-state index contributed by atoms with van der Waals surface area (Å²) >= 11 is 7.68. The zero-order valence-electron chi connectivity index (χ0n) is 14.5. The fraction of sp³-hybridized carbons (Fsp3) is 0.400. The fourth-order valence-corrected chi connectivity index (χ4v) is 5.23. The normalized spacial score (nSPS) is 20.0. The van der Waals surface area contributed by atoms with E-state index in [0.717, 1.165) is 51.1 Å². The summed E-state index contributed by atoms with van der Waals surface area (Å²) < 4.78 is 5.44. The second-order valence-corrected chi connectivity index (χ2v) is 8.14. The minimum absolute atomic E-state index is 0.0776. The molecule has 1 atom stereocenters. The van der Waals surface area contributed by atoms with Gasteiger partial charge in [0.1, 0.15) is 0 Å². The Hall–Kier alpha value is -1.87. The number of carbonyl (C=O) groups excluding carboxylic acids is 1. The Kier molecular flexibility index (Phi) is 4.74. The molecule has 2 aliphatic rings. The lowest BCUT2D eigenvalue weighted by atomic mass is 9.81. The number of hydrogen-bond donors (Lipinski definition) is 0. The molecule has 0 radical (unpaired) electrons. The largest absolute Gasteiger partial charge is 0.378 e. The van der Waals surface area contributed by atoms with Crippen molar-refractivity contribution < 1.29 is 9.53 Å². The molecule has 1 unspecified atom stereocenters. The van der Waals surface area contributed by atoms with E-state index in [1.807, 2.05) is 19.1 Å². The van der Waals surface area contributed by atoms with Gasteiger partial charge in [-0.05, 0) is 36.1 Å². The zero-order valence-corrected chi connectivity index (χ0v) is 16.1. The quantitative estimate of drug-likeness (QED) is 0.665. The van der Waals surface area contributed by atoms with Gasteiger partial charge in [-0.15, -0.1) is 11.3 Å². The van der Waals surface area contributed by atoms with Crippen molar-refractivity contribution in [2.45, 2.75) is 25.7 Å². The number of nitrogens with zero attached hydrogens (tertiary/aromatic N) is 2. The van der Waals surface area contributed by atoms with Crippen LogP contribution in [0.25, 0.3) is 4.85 Å². The van der Waals surface area contributed by atoms with Gasteiger partial charge in [-0.25, -0.2) is 4.85 Å². The summed E-state index contributed by atoms with van der Waals surface area (Å²) in [4.78, 5) is 19.4. The van der Waals surface area contributed by atoms with E-state index in [2.05, 4.69) is 15.8 Å². The smallest absolute Gasteiger partial charge is 0.225 e. The van der Waals surface area contributed by atoms with Gasteiger partial charge in [-0.1, -0.05) is 23.7 Å². The maximum absolute atomic E-state index is 12.6. The van der Waals surface area contributed by atoms with Crippen LogP contribution in [0, 0.1) is 13.5 Å². The van der Waals surface area contributed by atoms with Crippen LogP contribution in [0.15, 0.2) is 18.2 Å². The predicted molar refractivity (Wildman–Crippen MR) is 105 cm³/mol. The maximum Gasteiger partial charge on any atom is 0.225 e. The highest BCUT2D eigenvalue weighted by Gasteiger charge is 2.35. The average Bonchev–Trinajstić information content (AvgIpc) is 3.06.